The van der Waals surface area contributed by atoms with Crippen molar-refractivity contribution in [1.29, 1.82) is 0 Å². The van der Waals surface area contributed by atoms with Gasteiger partial charge < -0.3 is 10.1 Å². The van der Waals surface area contributed by atoms with Crippen LogP contribution in [0.1, 0.15) is 48.2 Å². The number of nitrogens with one attached hydrogen (secondary N) is 1. The van der Waals surface area contributed by atoms with E-state index >= 15 is 0 Å². The van der Waals surface area contributed by atoms with E-state index in [4.69, 9.17) is 4.74 Å². The summed E-state index contributed by atoms with van der Waals surface area (Å²) in [6.45, 7) is 7.48. The van der Waals surface area contributed by atoms with Crippen LogP contribution < -0.4 is 15.0 Å². The number of thiazole rings is 1. The van der Waals surface area contributed by atoms with Crippen molar-refractivity contribution in [3.05, 3.63) is 58.5 Å². The molecule has 0 spiro atoms. The molecule has 1 N–H and O–H groups in total. The Balaban J connectivity index is 1.52. The zero-order valence-electron chi connectivity index (χ0n) is 19.7. The minimum Gasteiger partial charge on any atom is -0.479 e. The maximum Gasteiger partial charge on any atom is 0.268 e. The van der Waals surface area contributed by atoms with Gasteiger partial charge in [0.05, 0.1) is 11.4 Å². The van der Waals surface area contributed by atoms with E-state index in [1.165, 1.54) is 27.4 Å². The fourth-order valence-electron chi connectivity index (χ4n) is 3.78. The quantitative estimate of drug-likeness (QED) is 0.475. The summed E-state index contributed by atoms with van der Waals surface area (Å²) in [4.78, 5) is 44.0. The van der Waals surface area contributed by atoms with Gasteiger partial charge in [-0.2, -0.15) is 0 Å². The molecule has 7 nitrogen and oxygen atoms in total. The first-order chi connectivity index (χ1) is 16.3. The molecule has 4 rings (SSSR count). The van der Waals surface area contributed by atoms with Crippen LogP contribution in [-0.4, -0.2) is 35.2 Å². The van der Waals surface area contributed by atoms with Gasteiger partial charge in [-0.05, 0) is 62.6 Å². The normalized spacial score (nSPS) is 15.0. The number of aromatic nitrogens is 1. The fraction of sp³-hybridized carbons (Fsp3) is 0.308. The number of hydrogen-bond acceptors (Lipinski definition) is 6. The van der Waals surface area contributed by atoms with E-state index in [1.807, 2.05) is 31.4 Å². The average Bonchev–Trinajstić information content (AvgIpc) is 3.27. The molecule has 1 aromatic heterocycles. The summed E-state index contributed by atoms with van der Waals surface area (Å²) < 4.78 is 5.69. The van der Waals surface area contributed by atoms with Crippen molar-refractivity contribution in [2.24, 2.45) is 0 Å². The Labute approximate surface area is 202 Å². The Morgan fingerprint density at radius 2 is 1.94 bits per heavy atom. The van der Waals surface area contributed by atoms with Gasteiger partial charge in [-0.1, -0.05) is 19.1 Å². The highest BCUT2D eigenvalue weighted by Gasteiger charge is 2.33. The predicted octanol–water partition coefficient (Wildman–Crippen LogP) is 5.16. The summed E-state index contributed by atoms with van der Waals surface area (Å²) in [6, 6.07) is 11.1. The Kier molecular flexibility index (Phi) is 6.79. The number of aryl methyl sites for hydroxylation is 2. The van der Waals surface area contributed by atoms with Crippen molar-refractivity contribution in [3.63, 3.8) is 0 Å². The summed E-state index contributed by atoms with van der Waals surface area (Å²) in [6.07, 6.45) is 0.415. The molecule has 8 heteroatoms. The van der Waals surface area contributed by atoms with Crippen LogP contribution >= 0.6 is 11.3 Å². The second kappa shape index (κ2) is 9.77. The van der Waals surface area contributed by atoms with Crippen LogP contribution in [0.4, 0.5) is 10.8 Å². The Morgan fingerprint density at radius 3 is 2.68 bits per heavy atom. The minimum atomic E-state index is -0.728. The van der Waals surface area contributed by atoms with Gasteiger partial charge in [0, 0.05) is 22.9 Å². The lowest BCUT2D eigenvalue weighted by molar-refractivity contribution is -0.127. The number of carbonyl (C=O) groups excluding carboxylic acids is 3. The van der Waals surface area contributed by atoms with Crippen LogP contribution in [-0.2, 0) is 9.59 Å². The number of hydrogen-bond donors (Lipinski definition) is 1. The van der Waals surface area contributed by atoms with E-state index in [0.29, 0.717) is 28.6 Å². The first kappa shape index (κ1) is 23.6. The second-order valence-electron chi connectivity index (χ2n) is 8.43. The predicted molar refractivity (Wildman–Crippen MR) is 134 cm³/mol. The Bertz CT molecular complexity index is 1270. The van der Waals surface area contributed by atoms with Gasteiger partial charge in [-0.3, -0.25) is 19.3 Å². The SMILES string of the molecule is CCCC(=O)c1ccc2c(c1)N(CC(=O)Nc1nc(-c3ccc(C)c(C)c3)cs1)C(=O)C(C)O2. The van der Waals surface area contributed by atoms with E-state index in [9.17, 15) is 14.4 Å². The molecule has 2 aromatic carbocycles. The molecule has 0 aliphatic carbocycles. The smallest absolute Gasteiger partial charge is 0.268 e. The number of anilines is 2. The molecule has 176 valence electrons. The van der Waals surface area contributed by atoms with Crippen LogP contribution in [0.5, 0.6) is 5.75 Å². The third kappa shape index (κ3) is 4.87. The highest BCUT2D eigenvalue weighted by molar-refractivity contribution is 7.14. The lowest BCUT2D eigenvalue weighted by atomic mass is 10.0. The van der Waals surface area contributed by atoms with E-state index in [-0.39, 0.29) is 24.1 Å². The number of ether oxygens (including phenoxy) is 1. The molecule has 0 fully saturated rings. The number of ketones is 1. The molecule has 1 unspecified atom stereocenters. The minimum absolute atomic E-state index is 0.0116. The van der Waals surface area contributed by atoms with Crippen molar-refractivity contribution < 1.29 is 19.1 Å². The van der Waals surface area contributed by atoms with Gasteiger partial charge >= 0.3 is 0 Å². The highest BCUT2D eigenvalue weighted by atomic mass is 32.1. The number of fused-ring (bicyclic) bond motifs is 1. The van der Waals surface area contributed by atoms with Crippen LogP contribution in [0.2, 0.25) is 0 Å². The third-order valence-electron chi connectivity index (χ3n) is 5.82. The lowest BCUT2D eigenvalue weighted by Gasteiger charge is -2.32. The van der Waals surface area contributed by atoms with Gasteiger partial charge in [-0.15, -0.1) is 11.3 Å². The standard InChI is InChI=1S/C26H27N3O4S/c1-5-6-22(30)19-9-10-23-21(12-19)29(25(32)17(4)33-23)13-24(31)28-26-27-20(14-34-26)18-8-7-15(2)16(3)11-18/h7-12,14,17H,5-6,13H2,1-4H3,(H,27,28,31). The molecule has 1 aliphatic heterocycles. The third-order valence-corrected chi connectivity index (χ3v) is 6.58. The lowest BCUT2D eigenvalue weighted by Crippen LogP contribution is -2.47. The van der Waals surface area contributed by atoms with E-state index < -0.39 is 6.10 Å². The van der Waals surface area contributed by atoms with E-state index in [1.54, 1.807) is 25.1 Å². The van der Waals surface area contributed by atoms with Gasteiger partial charge in [0.25, 0.3) is 5.91 Å². The largest absolute Gasteiger partial charge is 0.479 e. The summed E-state index contributed by atoms with van der Waals surface area (Å²) in [7, 11) is 0. The van der Waals surface area contributed by atoms with Gasteiger partial charge in [0.1, 0.15) is 12.3 Å². The maximum absolute atomic E-state index is 12.9. The van der Waals surface area contributed by atoms with E-state index in [2.05, 4.69) is 23.3 Å². The average molecular weight is 478 g/mol. The number of carbonyl (C=O) groups is 3. The Morgan fingerprint density at radius 1 is 1.15 bits per heavy atom. The molecule has 0 saturated carbocycles. The summed E-state index contributed by atoms with van der Waals surface area (Å²) in [5.74, 6) is -0.251. The van der Waals surface area contributed by atoms with Crippen LogP contribution in [0, 0.1) is 13.8 Å². The molecule has 0 saturated heterocycles. The first-order valence-electron chi connectivity index (χ1n) is 11.2. The van der Waals surface area contributed by atoms with Crippen molar-refractivity contribution in [1.82, 2.24) is 4.98 Å². The molecule has 0 radical (unpaired) electrons. The number of rotatable bonds is 7. The van der Waals surface area contributed by atoms with Crippen LogP contribution in [0.15, 0.2) is 41.8 Å². The molecule has 2 amide bonds. The Hall–Kier alpha value is -3.52. The van der Waals surface area contributed by atoms with Gasteiger partial charge in [0.15, 0.2) is 17.0 Å². The summed E-state index contributed by atoms with van der Waals surface area (Å²) in [5, 5.41) is 5.15. The number of Topliss-reactive ketones (excluding diaryl/α,β-unsaturated/α-hetero) is 1. The molecular weight excluding hydrogens is 450 g/mol. The van der Waals surface area contributed by atoms with Crippen molar-refractivity contribution in [2.45, 2.75) is 46.6 Å². The van der Waals surface area contributed by atoms with Gasteiger partial charge in [0.2, 0.25) is 5.91 Å². The monoisotopic (exact) mass is 477 g/mol. The molecule has 3 aromatic rings. The van der Waals surface area contributed by atoms with Crippen LogP contribution in [0.3, 0.4) is 0 Å². The summed E-state index contributed by atoms with van der Waals surface area (Å²) >= 11 is 1.33. The molecule has 0 bridgehead atoms. The molecule has 1 atom stereocenters. The molecule has 1 aliphatic rings. The highest BCUT2D eigenvalue weighted by Crippen LogP contribution is 2.35. The number of benzene rings is 2. The molecule has 34 heavy (non-hydrogen) atoms. The van der Waals surface area contributed by atoms with Crippen molar-refractivity contribution >= 4 is 39.8 Å². The number of nitrogens with zero attached hydrogens (tertiary/aromatic N) is 2. The zero-order valence-corrected chi connectivity index (χ0v) is 20.5. The maximum atomic E-state index is 12.9. The second-order valence-corrected chi connectivity index (χ2v) is 9.28. The van der Waals surface area contributed by atoms with Crippen molar-refractivity contribution in [2.75, 3.05) is 16.8 Å². The van der Waals surface area contributed by atoms with Gasteiger partial charge in [-0.25, -0.2) is 4.98 Å². The fourth-order valence-corrected chi connectivity index (χ4v) is 4.52. The molecular formula is C26H27N3O4S. The topological polar surface area (TPSA) is 88.6 Å². The van der Waals surface area contributed by atoms with Crippen LogP contribution in [0.25, 0.3) is 11.3 Å². The van der Waals surface area contributed by atoms with Crippen molar-refractivity contribution in [3.8, 4) is 17.0 Å². The summed E-state index contributed by atoms with van der Waals surface area (Å²) in [5.41, 5.74) is 5.06. The van der Waals surface area contributed by atoms with E-state index in [0.717, 1.165) is 17.7 Å². The molecule has 2 heterocycles. The number of amides is 2. The zero-order chi connectivity index (χ0) is 24.4. The first-order valence-corrected chi connectivity index (χ1v) is 12.1.